The topological polar surface area (TPSA) is 55.1 Å². The fourth-order valence-electron chi connectivity index (χ4n) is 2.12. The number of aryl methyl sites for hydroxylation is 2. The highest BCUT2D eigenvalue weighted by atomic mass is 32.1. The van der Waals surface area contributed by atoms with Crippen molar-refractivity contribution in [1.29, 1.82) is 0 Å². The Morgan fingerprint density at radius 3 is 2.89 bits per heavy atom. The molecule has 0 bridgehead atoms. The fraction of sp³-hybridized carbons (Fsp3) is 0.538. The van der Waals surface area contributed by atoms with Crippen LogP contribution in [-0.4, -0.2) is 16.9 Å². The zero-order valence-electron chi connectivity index (χ0n) is 10.5. The van der Waals surface area contributed by atoms with Crippen molar-refractivity contribution >= 4 is 34.5 Å². The minimum Gasteiger partial charge on any atom is -0.392 e. The van der Waals surface area contributed by atoms with E-state index in [2.05, 4.69) is 5.32 Å². The van der Waals surface area contributed by atoms with E-state index >= 15 is 0 Å². The molecule has 0 spiro atoms. The molecule has 3 nitrogen and oxygen atoms in total. The Bertz CT molecular complexity index is 444. The van der Waals surface area contributed by atoms with Crippen LogP contribution in [0.4, 0.5) is 0 Å². The quantitative estimate of drug-likeness (QED) is 0.661. The molecule has 2 rings (SSSR count). The van der Waals surface area contributed by atoms with Gasteiger partial charge < -0.3 is 11.1 Å². The van der Waals surface area contributed by atoms with Crippen LogP contribution in [0.5, 0.6) is 0 Å². The summed E-state index contributed by atoms with van der Waals surface area (Å²) in [4.78, 5) is 14.5. The summed E-state index contributed by atoms with van der Waals surface area (Å²) >= 11 is 6.47. The van der Waals surface area contributed by atoms with E-state index in [1.165, 1.54) is 29.7 Å². The van der Waals surface area contributed by atoms with Crippen molar-refractivity contribution in [2.24, 2.45) is 5.73 Å². The van der Waals surface area contributed by atoms with Crippen LogP contribution < -0.4 is 11.1 Å². The van der Waals surface area contributed by atoms with Gasteiger partial charge in [-0.3, -0.25) is 4.79 Å². The maximum Gasteiger partial charge on any atom is 0.261 e. The van der Waals surface area contributed by atoms with E-state index in [1.807, 2.05) is 6.07 Å². The zero-order chi connectivity index (χ0) is 13.1. The minimum absolute atomic E-state index is 0.0617. The molecule has 0 aromatic carbocycles. The Kier molecular flexibility index (Phi) is 4.35. The lowest BCUT2D eigenvalue weighted by Gasteiger charge is -2.10. The first-order chi connectivity index (χ1) is 8.58. The summed E-state index contributed by atoms with van der Waals surface area (Å²) in [6.45, 7) is 1.80. The Morgan fingerprint density at radius 1 is 1.44 bits per heavy atom. The van der Waals surface area contributed by atoms with Gasteiger partial charge in [0.25, 0.3) is 5.91 Å². The van der Waals surface area contributed by atoms with Crippen molar-refractivity contribution in [2.45, 2.75) is 45.1 Å². The van der Waals surface area contributed by atoms with Gasteiger partial charge in [0.05, 0.1) is 15.9 Å². The van der Waals surface area contributed by atoms with E-state index in [1.54, 1.807) is 18.3 Å². The molecule has 0 radical (unpaired) electrons. The zero-order valence-corrected chi connectivity index (χ0v) is 12.1. The number of thiocarbonyl (C=S) groups is 1. The number of carbonyl (C=O) groups is 1. The number of rotatable bonds is 3. The second-order valence-corrected chi connectivity index (χ2v) is 6.33. The van der Waals surface area contributed by atoms with Crippen LogP contribution in [0.25, 0.3) is 0 Å². The number of carbonyl (C=O) groups excluding carboxylic acids is 1. The molecule has 98 valence electrons. The highest BCUT2D eigenvalue weighted by Gasteiger charge is 2.18. The lowest BCUT2D eigenvalue weighted by molar-refractivity contribution is 0.0953. The molecular weight excluding hydrogens is 264 g/mol. The number of amides is 1. The molecule has 1 unspecified atom stereocenters. The first-order valence-electron chi connectivity index (χ1n) is 6.29. The minimum atomic E-state index is -0.255. The molecule has 1 aromatic rings. The molecule has 5 heteroatoms. The number of nitrogens with two attached hydrogens (primary N) is 1. The molecule has 1 aromatic heterocycles. The van der Waals surface area contributed by atoms with Gasteiger partial charge in [0.1, 0.15) is 0 Å². The van der Waals surface area contributed by atoms with Crippen LogP contribution in [-0.2, 0) is 12.8 Å². The Balaban J connectivity index is 2.09. The molecule has 0 fully saturated rings. The molecular formula is C13H18N2OS2. The predicted molar refractivity (Wildman–Crippen MR) is 79.3 cm³/mol. The van der Waals surface area contributed by atoms with Gasteiger partial charge in [-0.15, -0.1) is 11.3 Å². The van der Waals surface area contributed by atoms with Crippen molar-refractivity contribution in [3.8, 4) is 0 Å². The lowest BCUT2D eigenvalue weighted by atomic mass is 10.1. The molecule has 1 aliphatic rings. The summed E-state index contributed by atoms with van der Waals surface area (Å²) in [5.41, 5.74) is 6.85. The molecule has 1 aliphatic carbocycles. The van der Waals surface area contributed by atoms with E-state index in [4.69, 9.17) is 18.0 Å². The third-order valence-corrected chi connectivity index (χ3v) is 4.83. The van der Waals surface area contributed by atoms with Gasteiger partial charge in [-0.05, 0) is 44.2 Å². The van der Waals surface area contributed by atoms with E-state index < -0.39 is 0 Å². The van der Waals surface area contributed by atoms with Crippen LogP contribution in [0, 0.1) is 0 Å². The number of fused-ring (bicyclic) bond motifs is 1. The highest BCUT2D eigenvalue weighted by molar-refractivity contribution is 7.80. The van der Waals surface area contributed by atoms with Crippen LogP contribution in [0.2, 0.25) is 0 Å². The first kappa shape index (κ1) is 13.5. The van der Waals surface area contributed by atoms with E-state index in [9.17, 15) is 4.79 Å². The van der Waals surface area contributed by atoms with Crippen molar-refractivity contribution in [2.75, 3.05) is 0 Å². The number of hydrogen-bond acceptors (Lipinski definition) is 3. The summed E-state index contributed by atoms with van der Waals surface area (Å²) in [6.07, 6.45) is 5.97. The average molecular weight is 282 g/mol. The second-order valence-electron chi connectivity index (χ2n) is 4.72. The SMILES string of the molecule is CC(NC(=O)c1cc2c(s1)CCCCC2)C(N)=S. The molecule has 0 saturated carbocycles. The van der Waals surface area contributed by atoms with Gasteiger partial charge in [-0.25, -0.2) is 0 Å². The van der Waals surface area contributed by atoms with Crippen molar-refractivity contribution in [3.05, 3.63) is 21.4 Å². The third kappa shape index (κ3) is 3.09. The molecule has 18 heavy (non-hydrogen) atoms. The number of thiophene rings is 1. The monoisotopic (exact) mass is 282 g/mol. The molecule has 3 N–H and O–H groups in total. The molecule has 0 aliphatic heterocycles. The molecule has 1 atom stereocenters. The molecule has 1 heterocycles. The molecule has 1 amide bonds. The first-order valence-corrected chi connectivity index (χ1v) is 7.52. The van der Waals surface area contributed by atoms with Crippen LogP contribution in [0.3, 0.4) is 0 Å². The van der Waals surface area contributed by atoms with Gasteiger partial charge in [-0.2, -0.15) is 0 Å². The highest BCUT2D eigenvalue weighted by Crippen LogP contribution is 2.28. The molecule has 0 saturated heterocycles. The van der Waals surface area contributed by atoms with Crippen LogP contribution in [0.1, 0.15) is 46.3 Å². The average Bonchev–Trinajstić information content (AvgIpc) is 2.61. The van der Waals surface area contributed by atoms with Gasteiger partial charge in [0, 0.05) is 4.88 Å². The van der Waals surface area contributed by atoms with Gasteiger partial charge in [0.15, 0.2) is 0 Å². The normalized spacial score (nSPS) is 16.5. The van der Waals surface area contributed by atoms with Crippen LogP contribution >= 0.6 is 23.6 Å². The Morgan fingerprint density at radius 2 is 2.17 bits per heavy atom. The van der Waals surface area contributed by atoms with Gasteiger partial charge >= 0.3 is 0 Å². The fourth-order valence-corrected chi connectivity index (χ4v) is 3.33. The van der Waals surface area contributed by atoms with E-state index in [0.29, 0.717) is 4.99 Å². The summed E-state index contributed by atoms with van der Waals surface area (Å²) in [6, 6.07) is 1.78. The second kappa shape index (κ2) is 5.80. The summed E-state index contributed by atoms with van der Waals surface area (Å²) < 4.78 is 0. The third-order valence-electron chi connectivity index (χ3n) is 3.24. The van der Waals surface area contributed by atoms with Crippen molar-refractivity contribution < 1.29 is 4.79 Å². The lowest BCUT2D eigenvalue weighted by Crippen LogP contribution is -2.40. The standard InChI is InChI=1S/C13H18N2OS2/c1-8(12(14)17)15-13(16)11-7-9-5-3-2-4-6-10(9)18-11/h7-8H,2-6H2,1H3,(H2,14,17)(H,15,16). The maximum atomic E-state index is 12.0. The Hall–Kier alpha value is -0.940. The maximum absolute atomic E-state index is 12.0. The largest absolute Gasteiger partial charge is 0.392 e. The van der Waals surface area contributed by atoms with E-state index in [-0.39, 0.29) is 11.9 Å². The summed E-state index contributed by atoms with van der Waals surface area (Å²) in [5.74, 6) is -0.0617. The van der Waals surface area contributed by atoms with Crippen molar-refractivity contribution in [3.63, 3.8) is 0 Å². The van der Waals surface area contributed by atoms with Gasteiger partial charge in [0.2, 0.25) is 0 Å². The number of nitrogens with one attached hydrogen (secondary N) is 1. The smallest absolute Gasteiger partial charge is 0.261 e. The Labute approximate surface area is 117 Å². The van der Waals surface area contributed by atoms with Gasteiger partial charge in [-0.1, -0.05) is 18.6 Å². The number of hydrogen-bond donors (Lipinski definition) is 2. The van der Waals surface area contributed by atoms with Crippen LogP contribution in [0.15, 0.2) is 6.07 Å². The predicted octanol–water partition coefficient (Wildman–Crippen LogP) is 2.42. The summed E-state index contributed by atoms with van der Waals surface area (Å²) in [7, 11) is 0. The van der Waals surface area contributed by atoms with E-state index in [0.717, 1.165) is 17.7 Å². The van der Waals surface area contributed by atoms with Crippen molar-refractivity contribution in [1.82, 2.24) is 5.32 Å². The summed E-state index contributed by atoms with van der Waals surface area (Å²) in [5, 5.41) is 2.83.